The van der Waals surface area contributed by atoms with Gasteiger partial charge in [-0.3, -0.25) is 0 Å². The number of benzene rings is 3. The van der Waals surface area contributed by atoms with E-state index in [0.29, 0.717) is 17.8 Å². The molecule has 2 unspecified atom stereocenters. The number of sulfone groups is 1. The number of urea groups is 1. The van der Waals surface area contributed by atoms with Crippen LogP contribution in [0.5, 0.6) is 0 Å². The van der Waals surface area contributed by atoms with Crippen molar-refractivity contribution in [1.82, 2.24) is 0 Å². The van der Waals surface area contributed by atoms with Crippen molar-refractivity contribution in [1.29, 1.82) is 0 Å². The monoisotopic (exact) mass is 422 g/mol. The van der Waals surface area contributed by atoms with Crippen molar-refractivity contribution in [3.8, 4) is 0 Å². The van der Waals surface area contributed by atoms with Gasteiger partial charge in [0, 0.05) is 23.1 Å². The Morgan fingerprint density at radius 2 is 1.47 bits per heavy atom. The zero-order valence-electron chi connectivity index (χ0n) is 16.1. The van der Waals surface area contributed by atoms with Crippen LogP contribution < -0.4 is 21.7 Å². The first kappa shape index (κ1) is 19.9. The second-order valence-corrected chi connectivity index (χ2v) is 9.17. The van der Waals surface area contributed by atoms with Gasteiger partial charge in [-0.2, -0.15) is 0 Å². The van der Waals surface area contributed by atoms with E-state index in [-0.39, 0.29) is 4.90 Å². The summed E-state index contributed by atoms with van der Waals surface area (Å²) in [7, 11) is -3.71. The first-order chi connectivity index (χ1) is 14.4. The molecule has 1 heterocycles. The molecule has 0 aromatic heterocycles. The van der Waals surface area contributed by atoms with E-state index in [0.717, 1.165) is 11.3 Å². The minimum atomic E-state index is -3.71. The molecule has 2 atom stereocenters. The van der Waals surface area contributed by atoms with Crippen molar-refractivity contribution >= 4 is 32.9 Å². The van der Waals surface area contributed by atoms with Gasteiger partial charge in [-0.25, -0.2) is 13.2 Å². The molecule has 0 saturated heterocycles. The van der Waals surface area contributed by atoms with E-state index in [9.17, 15) is 13.2 Å². The molecule has 0 fully saturated rings. The molecular formula is C22H22N4O3S. The topological polar surface area (TPSA) is 113 Å². The Labute approximate surface area is 175 Å². The summed E-state index contributed by atoms with van der Waals surface area (Å²) in [4.78, 5) is 12.2. The molecule has 1 aliphatic rings. The average molecular weight is 423 g/mol. The first-order valence-corrected chi connectivity index (χ1v) is 11.1. The summed E-state index contributed by atoms with van der Waals surface area (Å²) in [6.07, 6.45) is 0.479. The lowest BCUT2D eigenvalue weighted by molar-refractivity contribution is 0.262. The number of para-hydroxylation sites is 2. The third-order valence-electron chi connectivity index (χ3n) is 4.97. The Bertz CT molecular complexity index is 1150. The maximum Gasteiger partial charge on any atom is 0.323 e. The summed E-state index contributed by atoms with van der Waals surface area (Å²) in [5.74, 6) is 0. The lowest BCUT2D eigenvalue weighted by Gasteiger charge is -2.32. The van der Waals surface area contributed by atoms with Crippen LogP contribution in [0.25, 0.3) is 0 Å². The summed E-state index contributed by atoms with van der Waals surface area (Å²) in [6.45, 7) is 0. The molecule has 154 valence electrons. The third kappa shape index (κ3) is 4.14. The number of rotatable bonds is 4. The summed E-state index contributed by atoms with van der Waals surface area (Å²) in [5.41, 5.74) is 9.10. The summed E-state index contributed by atoms with van der Waals surface area (Å²) in [5, 5.41) is 7.54. The number of hydrogen-bond donors (Lipinski definition) is 4. The predicted octanol–water partition coefficient (Wildman–Crippen LogP) is 3.43. The van der Waals surface area contributed by atoms with Crippen LogP contribution in [0.4, 0.5) is 21.9 Å². The van der Waals surface area contributed by atoms with Crippen molar-refractivity contribution in [3.05, 3.63) is 84.4 Å². The van der Waals surface area contributed by atoms with Crippen LogP contribution in [-0.4, -0.2) is 25.9 Å². The zero-order valence-corrected chi connectivity index (χ0v) is 16.9. The smallest absolute Gasteiger partial charge is 0.323 e. The minimum absolute atomic E-state index is 0.142. The Kier molecular flexibility index (Phi) is 5.43. The Morgan fingerprint density at radius 1 is 0.867 bits per heavy atom. The Morgan fingerprint density at radius 3 is 2.17 bits per heavy atom. The molecule has 7 nitrogen and oxygen atoms in total. The Hall–Kier alpha value is -3.36. The molecule has 0 radical (unpaired) electrons. The molecule has 2 amide bonds. The standard InChI is InChI=1S/C22H22N4O3S/c23-19-14-15-6-4-5-9-20(15)26-21(19)30(28,29)18-12-10-17(11-13-18)25-22(27)24-16-7-2-1-3-8-16/h1-13,19,21,26H,14,23H2,(H2,24,25,27). The second kappa shape index (κ2) is 8.17. The van der Waals surface area contributed by atoms with Gasteiger partial charge in [0.1, 0.15) is 5.37 Å². The van der Waals surface area contributed by atoms with Crippen molar-refractivity contribution in [2.45, 2.75) is 22.7 Å². The van der Waals surface area contributed by atoms with E-state index < -0.39 is 27.3 Å². The molecule has 3 aromatic carbocycles. The van der Waals surface area contributed by atoms with Gasteiger partial charge < -0.3 is 21.7 Å². The van der Waals surface area contributed by atoms with Gasteiger partial charge in [0.25, 0.3) is 0 Å². The van der Waals surface area contributed by atoms with Gasteiger partial charge in [0.2, 0.25) is 9.84 Å². The number of carbonyl (C=O) groups is 1. The molecule has 0 spiro atoms. The minimum Gasteiger partial charge on any atom is -0.367 e. The highest BCUT2D eigenvalue weighted by molar-refractivity contribution is 7.92. The summed E-state index contributed by atoms with van der Waals surface area (Å²) < 4.78 is 26.3. The van der Waals surface area contributed by atoms with Crippen LogP contribution in [0.3, 0.4) is 0 Å². The van der Waals surface area contributed by atoms with E-state index in [1.165, 1.54) is 12.1 Å². The van der Waals surface area contributed by atoms with Crippen LogP contribution in [-0.2, 0) is 16.3 Å². The number of carbonyl (C=O) groups excluding carboxylic acids is 1. The number of nitrogens with one attached hydrogen (secondary N) is 3. The number of nitrogens with two attached hydrogens (primary N) is 1. The van der Waals surface area contributed by atoms with E-state index in [2.05, 4.69) is 16.0 Å². The van der Waals surface area contributed by atoms with Crippen LogP contribution in [0.2, 0.25) is 0 Å². The lowest BCUT2D eigenvalue weighted by atomic mass is 10.0. The number of amides is 2. The van der Waals surface area contributed by atoms with Crippen molar-refractivity contribution < 1.29 is 13.2 Å². The molecule has 30 heavy (non-hydrogen) atoms. The fraction of sp³-hybridized carbons (Fsp3) is 0.136. The molecule has 4 rings (SSSR count). The van der Waals surface area contributed by atoms with Gasteiger partial charge in [0.05, 0.1) is 4.90 Å². The fourth-order valence-corrected chi connectivity index (χ4v) is 5.10. The van der Waals surface area contributed by atoms with Crippen LogP contribution >= 0.6 is 0 Å². The van der Waals surface area contributed by atoms with Crippen molar-refractivity contribution in [3.63, 3.8) is 0 Å². The largest absolute Gasteiger partial charge is 0.367 e. The van der Waals surface area contributed by atoms with Gasteiger partial charge in [0.15, 0.2) is 0 Å². The van der Waals surface area contributed by atoms with Gasteiger partial charge in [-0.15, -0.1) is 0 Å². The zero-order chi connectivity index (χ0) is 21.1. The van der Waals surface area contributed by atoms with Crippen molar-refractivity contribution in [2.75, 3.05) is 16.0 Å². The molecule has 0 aliphatic carbocycles. The van der Waals surface area contributed by atoms with Gasteiger partial charge >= 0.3 is 6.03 Å². The highest BCUT2D eigenvalue weighted by atomic mass is 32.2. The Balaban J connectivity index is 1.47. The predicted molar refractivity (Wildman–Crippen MR) is 118 cm³/mol. The average Bonchev–Trinajstić information content (AvgIpc) is 2.74. The molecule has 8 heteroatoms. The maximum absolute atomic E-state index is 13.1. The molecule has 5 N–H and O–H groups in total. The lowest BCUT2D eigenvalue weighted by Crippen LogP contribution is -2.49. The number of hydrogen-bond acceptors (Lipinski definition) is 5. The quantitative estimate of drug-likeness (QED) is 0.514. The first-order valence-electron chi connectivity index (χ1n) is 9.50. The number of fused-ring (bicyclic) bond motifs is 1. The highest BCUT2D eigenvalue weighted by Crippen LogP contribution is 2.29. The third-order valence-corrected chi connectivity index (χ3v) is 7.03. The van der Waals surface area contributed by atoms with Crippen LogP contribution in [0, 0.1) is 0 Å². The SMILES string of the molecule is NC1Cc2ccccc2NC1S(=O)(=O)c1ccc(NC(=O)Nc2ccccc2)cc1. The van der Waals surface area contributed by atoms with Crippen molar-refractivity contribution in [2.24, 2.45) is 5.73 Å². The van der Waals surface area contributed by atoms with Crippen LogP contribution in [0.1, 0.15) is 5.56 Å². The van der Waals surface area contributed by atoms with E-state index in [1.807, 2.05) is 42.5 Å². The molecule has 3 aromatic rings. The number of anilines is 3. The molecule has 0 saturated carbocycles. The fourth-order valence-electron chi connectivity index (χ4n) is 3.46. The van der Waals surface area contributed by atoms with E-state index in [4.69, 9.17) is 5.73 Å². The van der Waals surface area contributed by atoms with E-state index >= 15 is 0 Å². The molecule has 0 bridgehead atoms. The van der Waals surface area contributed by atoms with Crippen LogP contribution in [0.15, 0.2) is 83.8 Å². The van der Waals surface area contributed by atoms with Gasteiger partial charge in [-0.05, 0) is 54.4 Å². The molecule has 1 aliphatic heterocycles. The molecular weight excluding hydrogens is 400 g/mol. The second-order valence-electron chi connectivity index (χ2n) is 7.10. The van der Waals surface area contributed by atoms with E-state index in [1.54, 1.807) is 24.3 Å². The summed E-state index contributed by atoms with van der Waals surface area (Å²) in [6, 6.07) is 21.7. The highest BCUT2D eigenvalue weighted by Gasteiger charge is 2.36. The summed E-state index contributed by atoms with van der Waals surface area (Å²) >= 11 is 0. The normalized spacial score (nSPS) is 18.0. The van der Waals surface area contributed by atoms with Gasteiger partial charge in [-0.1, -0.05) is 36.4 Å². The maximum atomic E-state index is 13.1.